The highest BCUT2D eigenvalue weighted by Gasteiger charge is 2.06. The third kappa shape index (κ3) is 7.57. The SMILES string of the molecule is CN=C(NCc1ccc(C)cc1)NCc1cccnc1OCCOC.I. The quantitative estimate of drug-likeness (QED) is 0.269. The van der Waals surface area contributed by atoms with Crippen LogP contribution in [0.25, 0.3) is 0 Å². The zero-order chi connectivity index (χ0) is 17.9. The van der Waals surface area contributed by atoms with Crippen LogP contribution in [0.1, 0.15) is 16.7 Å². The Morgan fingerprint density at radius 1 is 1.08 bits per heavy atom. The number of methoxy groups -OCH3 is 1. The summed E-state index contributed by atoms with van der Waals surface area (Å²) in [7, 11) is 3.40. The maximum atomic E-state index is 5.65. The standard InChI is InChI=1S/C19H26N4O2.HI/c1-15-6-8-16(9-7-15)13-22-19(20-2)23-14-17-5-4-10-21-18(17)25-12-11-24-3;/h4-10H,11-14H2,1-3H3,(H2,20,22,23);1H. The maximum absolute atomic E-state index is 5.65. The second-order valence-corrected chi connectivity index (χ2v) is 5.57. The van der Waals surface area contributed by atoms with Gasteiger partial charge in [0.2, 0.25) is 5.88 Å². The van der Waals surface area contributed by atoms with Crippen LogP contribution in [0, 0.1) is 6.92 Å². The first-order valence-corrected chi connectivity index (χ1v) is 8.28. The van der Waals surface area contributed by atoms with Crippen LogP contribution >= 0.6 is 24.0 Å². The summed E-state index contributed by atoms with van der Waals surface area (Å²) < 4.78 is 10.7. The Kier molecular flexibility index (Phi) is 10.6. The lowest BCUT2D eigenvalue weighted by Crippen LogP contribution is -2.36. The number of rotatable bonds is 8. The number of aryl methyl sites for hydroxylation is 1. The number of benzene rings is 1. The second-order valence-electron chi connectivity index (χ2n) is 5.57. The molecule has 1 aromatic carbocycles. The fourth-order valence-corrected chi connectivity index (χ4v) is 2.20. The largest absolute Gasteiger partial charge is 0.475 e. The average Bonchev–Trinajstić information content (AvgIpc) is 2.64. The normalized spacial score (nSPS) is 10.8. The van der Waals surface area contributed by atoms with Gasteiger partial charge < -0.3 is 20.1 Å². The Labute approximate surface area is 172 Å². The minimum absolute atomic E-state index is 0. The van der Waals surface area contributed by atoms with Gasteiger partial charge in [-0.25, -0.2) is 4.98 Å². The highest BCUT2D eigenvalue weighted by Crippen LogP contribution is 2.13. The number of halogens is 1. The van der Waals surface area contributed by atoms with E-state index in [4.69, 9.17) is 9.47 Å². The lowest BCUT2D eigenvalue weighted by molar-refractivity contribution is 0.143. The third-order valence-corrected chi connectivity index (χ3v) is 3.63. The highest BCUT2D eigenvalue weighted by atomic mass is 127. The van der Waals surface area contributed by atoms with Crippen molar-refractivity contribution in [3.63, 3.8) is 0 Å². The van der Waals surface area contributed by atoms with Gasteiger partial charge in [0.15, 0.2) is 5.96 Å². The fraction of sp³-hybridized carbons (Fsp3) is 0.368. The monoisotopic (exact) mass is 470 g/mol. The summed E-state index contributed by atoms with van der Waals surface area (Å²) in [6.07, 6.45) is 1.72. The Hall–Kier alpha value is -1.87. The number of hydrogen-bond donors (Lipinski definition) is 2. The van der Waals surface area contributed by atoms with Gasteiger partial charge in [0.1, 0.15) is 6.61 Å². The van der Waals surface area contributed by atoms with Crippen molar-refractivity contribution in [1.82, 2.24) is 15.6 Å². The molecule has 7 heteroatoms. The lowest BCUT2D eigenvalue weighted by atomic mass is 10.1. The number of guanidine groups is 1. The van der Waals surface area contributed by atoms with E-state index in [1.54, 1.807) is 20.4 Å². The number of aromatic nitrogens is 1. The van der Waals surface area contributed by atoms with E-state index in [9.17, 15) is 0 Å². The topological polar surface area (TPSA) is 67.8 Å². The minimum Gasteiger partial charge on any atom is -0.475 e. The van der Waals surface area contributed by atoms with Crippen LogP contribution in [0.3, 0.4) is 0 Å². The van der Waals surface area contributed by atoms with Crippen LogP contribution in [-0.2, 0) is 17.8 Å². The molecule has 0 fully saturated rings. The predicted molar refractivity (Wildman–Crippen MR) is 115 cm³/mol. The molecule has 0 bridgehead atoms. The van der Waals surface area contributed by atoms with E-state index >= 15 is 0 Å². The van der Waals surface area contributed by atoms with Gasteiger partial charge in [-0.2, -0.15) is 0 Å². The Bertz CT molecular complexity index is 677. The van der Waals surface area contributed by atoms with Crippen molar-refractivity contribution in [3.05, 3.63) is 59.3 Å². The lowest BCUT2D eigenvalue weighted by Gasteiger charge is -2.14. The predicted octanol–water partition coefficient (Wildman–Crippen LogP) is 2.90. The van der Waals surface area contributed by atoms with E-state index in [1.165, 1.54) is 11.1 Å². The molecule has 0 aliphatic rings. The summed E-state index contributed by atoms with van der Waals surface area (Å²) in [4.78, 5) is 8.53. The minimum atomic E-state index is 0. The molecule has 2 N–H and O–H groups in total. The number of aliphatic imine (C=N–C) groups is 1. The number of ether oxygens (including phenoxy) is 2. The molecule has 0 aliphatic heterocycles. The van der Waals surface area contributed by atoms with Gasteiger partial charge in [-0.15, -0.1) is 24.0 Å². The van der Waals surface area contributed by atoms with Crippen molar-refractivity contribution in [2.45, 2.75) is 20.0 Å². The molecule has 0 unspecified atom stereocenters. The Morgan fingerprint density at radius 3 is 2.50 bits per heavy atom. The van der Waals surface area contributed by atoms with Gasteiger partial charge in [-0.3, -0.25) is 4.99 Å². The smallest absolute Gasteiger partial charge is 0.218 e. The van der Waals surface area contributed by atoms with Crippen molar-refractivity contribution in [1.29, 1.82) is 0 Å². The molecule has 0 spiro atoms. The Balaban J connectivity index is 0.00000338. The summed E-state index contributed by atoms with van der Waals surface area (Å²) in [5.41, 5.74) is 3.43. The molecule has 1 aromatic heterocycles. The fourth-order valence-electron chi connectivity index (χ4n) is 2.20. The molecule has 0 saturated carbocycles. The van der Waals surface area contributed by atoms with Crippen molar-refractivity contribution in [3.8, 4) is 5.88 Å². The van der Waals surface area contributed by atoms with Crippen LogP contribution in [0.2, 0.25) is 0 Å². The van der Waals surface area contributed by atoms with Crippen molar-refractivity contribution in [2.75, 3.05) is 27.4 Å². The first-order valence-electron chi connectivity index (χ1n) is 8.28. The van der Waals surface area contributed by atoms with E-state index in [-0.39, 0.29) is 24.0 Å². The molecule has 2 aromatic rings. The number of pyridine rings is 1. The van der Waals surface area contributed by atoms with Crippen molar-refractivity contribution >= 4 is 29.9 Å². The van der Waals surface area contributed by atoms with Crippen LogP contribution < -0.4 is 15.4 Å². The molecule has 0 aliphatic carbocycles. The van der Waals surface area contributed by atoms with Gasteiger partial charge >= 0.3 is 0 Å². The third-order valence-electron chi connectivity index (χ3n) is 3.63. The summed E-state index contributed by atoms with van der Waals surface area (Å²) in [5, 5.41) is 6.59. The van der Waals surface area contributed by atoms with Gasteiger partial charge in [-0.05, 0) is 18.6 Å². The number of nitrogens with one attached hydrogen (secondary N) is 2. The number of hydrogen-bond acceptors (Lipinski definition) is 4. The maximum Gasteiger partial charge on any atom is 0.218 e. The second kappa shape index (κ2) is 12.5. The van der Waals surface area contributed by atoms with Crippen LogP contribution in [-0.4, -0.2) is 38.3 Å². The molecular weight excluding hydrogens is 443 g/mol. The summed E-state index contributed by atoms with van der Waals surface area (Å²) in [6.45, 7) is 4.37. The van der Waals surface area contributed by atoms with E-state index in [0.29, 0.717) is 32.2 Å². The number of nitrogens with zero attached hydrogens (tertiary/aromatic N) is 2. The Morgan fingerprint density at radius 2 is 1.81 bits per heavy atom. The van der Waals surface area contributed by atoms with Crippen LogP contribution in [0.4, 0.5) is 0 Å². The van der Waals surface area contributed by atoms with Gasteiger partial charge in [0, 0.05) is 39.0 Å². The van der Waals surface area contributed by atoms with E-state index in [0.717, 1.165) is 11.5 Å². The van der Waals surface area contributed by atoms with E-state index < -0.39 is 0 Å². The van der Waals surface area contributed by atoms with E-state index in [1.807, 2.05) is 12.1 Å². The zero-order valence-corrected chi connectivity index (χ0v) is 17.8. The van der Waals surface area contributed by atoms with Crippen LogP contribution in [0.15, 0.2) is 47.6 Å². The first kappa shape index (κ1) is 22.2. The average molecular weight is 470 g/mol. The molecule has 0 amide bonds. The molecule has 0 radical (unpaired) electrons. The molecule has 0 saturated heterocycles. The zero-order valence-electron chi connectivity index (χ0n) is 15.5. The van der Waals surface area contributed by atoms with Crippen LogP contribution in [0.5, 0.6) is 5.88 Å². The van der Waals surface area contributed by atoms with Gasteiger partial charge in [-0.1, -0.05) is 35.9 Å². The highest BCUT2D eigenvalue weighted by molar-refractivity contribution is 14.0. The molecule has 0 atom stereocenters. The van der Waals surface area contributed by atoms with Crippen molar-refractivity contribution in [2.24, 2.45) is 4.99 Å². The molecule has 142 valence electrons. The molecule has 1 heterocycles. The summed E-state index contributed by atoms with van der Waals surface area (Å²) in [6, 6.07) is 12.3. The summed E-state index contributed by atoms with van der Waals surface area (Å²) in [5.74, 6) is 1.34. The summed E-state index contributed by atoms with van der Waals surface area (Å²) >= 11 is 0. The van der Waals surface area contributed by atoms with Crippen molar-refractivity contribution < 1.29 is 9.47 Å². The van der Waals surface area contributed by atoms with Gasteiger partial charge in [0.05, 0.1) is 6.61 Å². The molecular formula is C19H27IN4O2. The van der Waals surface area contributed by atoms with E-state index in [2.05, 4.69) is 51.8 Å². The first-order chi connectivity index (χ1) is 12.2. The van der Waals surface area contributed by atoms with Gasteiger partial charge in [0.25, 0.3) is 0 Å². The molecule has 2 rings (SSSR count). The molecule has 6 nitrogen and oxygen atoms in total. The molecule has 26 heavy (non-hydrogen) atoms.